The van der Waals surface area contributed by atoms with E-state index >= 15 is 0 Å². The number of nitrogens with zero attached hydrogens (tertiary/aromatic N) is 2. The van der Waals surface area contributed by atoms with Crippen molar-refractivity contribution in [3.8, 4) is 11.5 Å². The molecule has 2 amide bonds. The summed E-state index contributed by atoms with van der Waals surface area (Å²) >= 11 is 1.48. The summed E-state index contributed by atoms with van der Waals surface area (Å²) in [7, 11) is 0. The van der Waals surface area contributed by atoms with E-state index in [-0.39, 0.29) is 24.5 Å². The van der Waals surface area contributed by atoms with Crippen molar-refractivity contribution >= 4 is 28.3 Å². The van der Waals surface area contributed by atoms with E-state index in [0.29, 0.717) is 22.2 Å². The van der Waals surface area contributed by atoms with E-state index in [4.69, 9.17) is 14.5 Å². The van der Waals surface area contributed by atoms with Gasteiger partial charge in [0.15, 0.2) is 16.6 Å². The largest absolute Gasteiger partial charge is 0.454 e. The maximum atomic E-state index is 13.4. The van der Waals surface area contributed by atoms with E-state index in [0.717, 1.165) is 68.6 Å². The van der Waals surface area contributed by atoms with Crippen LogP contribution in [0, 0.1) is 0 Å². The third-order valence-corrected chi connectivity index (χ3v) is 7.03. The van der Waals surface area contributed by atoms with Gasteiger partial charge in [0.25, 0.3) is 5.91 Å². The Labute approximate surface area is 193 Å². The van der Waals surface area contributed by atoms with Crippen molar-refractivity contribution in [1.82, 2.24) is 9.88 Å². The number of aryl methyl sites for hydroxylation is 1. The minimum absolute atomic E-state index is 0.169. The monoisotopic (exact) mass is 457 g/mol. The predicted molar refractivity (Wildman–Crippen MR) is 125 cm³/mol. The van der Waals surface area contributed by atoms with Gasteiger partial charge in [-0.2, -0.15) is 0 Å². The summed E-state index contributed by atoms with van der Waals surface area (Å²) < 4.78 is 10.7. The summed E-state index contributed by atoms with van der Waals surface area (Å²) in [6.07, 6.45) is 6.86. The first-order chi connectivity index (χ1) is 15.6. The van der Waals surface area contributed by atoms with Crippen molar-refractivity contribution in [3.05, 3.63) is 34.3 Å². The van der Waals surface area contributed by atoms with Gasteiger partial charge in [-0.15, -0.1) is 11.3 Å². The number of rotatable bonds is 9. The van der Waals surface area contributed by atoms with E-state index in [1.165, 1.54) is 11.3 Å². The second-order valence-corrected chi connectivity index (χ2v) is 9.41. The smallest absolute Gasteiger partial charge is 0.257 e. The Morgan fingerprint density at radius 1 is 1.16 bits per heavy atom. The van der Waals surface area contributed by atoms with E-state index in [1.54, 1.807) is 18.2 Å². The van der Waals surface area contributed by atoms with E-state index in [2.05, 4.69) is 19.2 Å². The van der Waals surface area contributed by atoms with Crippen LogP contribution < -0.4 is 14.8 Å². The fourth-order valence-corrected chi connectivity index (χ4v) is 5.23. The highest BCUT2D eigenvalue weighted by molar-refractivity contribution is 7.16. The van der Waals surface area contributed by atoms with E-state index < -0.39 is 0 Å². The fraction of sp³-hybridized carbons (Fsp3) is 0.542. The molecular weight excluding hydrogens is 426 g/mol. The maximum Gasteiger partial charge on any atom is 0.257 e. The SMILES string of the molecule is CCCCN(CCCC)C(=O)C1CCCc2sc(NC(=O)c3ccc4c(c3)OCO4)nc21. The van der Waals surface area contributed by atoms with Crippen molar-refractivity contribution in [2.24, 2.45) is 0 Å². The summed E-state index contributed by atoms with van der Waals surface area (Å²) in [5.74, 6) is 0.945. The van der Waals surface area contributed by atoms with Crippen LogP contribution in [-0.2, 0) is 11.2 Å². The van der Waals surface area contributed by atoms with Crippen molar-refractivity contribution in [1.29, 1.82) is 0 Å². The lowest BCUT2D eigenvalue weighted by atomic mass is 9.89. The molecule has 1 N–H and O–H groups in total. The third-order valence-electron chi connectivity index (χ3n) is 5.98. The van der Waals surface area contributed by atoms with Gasteiger partial charge >= 0.3 is 0 Å². The Bertz CT molecular complexity index is 966. The predicted octanol–water partition coefficient (Wildman–Crippen LogP) is 4.97. The Hall–Kier alpha value is -2.61. The van der Waals surface area contributed by atoms with Gasteiger partial charge in [0, 0.05) is 23.5 Å². The van der Waals surface area contributed by atoms with Gasteiger partial charge in [0.05, 0.1) is 11.6 Å². The summed E-state index contributed by atoms with van der Waals surface area (Å²) in [5.41, 5.74) is 1.34. The Kier molecular flexibility index (Phi) is 7.29. The number of carbonyl (C=O) groups excluding carboxylic acids is 2. The van der Waals surface area contributed by atoms with Crippen molar-refractivity contribution < 1.29 is 19.1 Å². The highest BCUT2D eigenvalue weighted by Gasteiger charge is 2.33. The molecule has 1 aliphatic carbocycles. The van der Waals surface area contributed by atoms with Crippen molar-refractivity contribution in [2.45, 2.75) is 64.7 Å². The molecule has 172 valence electrons. The van der Waals surface area contributed by atoms with Crippen LogP contribution in [0.5, 0.6) is 11.5 Å². The minimum atomic E-state index is -0.246. The number of amides is 2. The summed E-state index contributed by atoms with van der Waals surface area (Å²) in [6, 6.07) is 5.12. The molecule has 1 aromatic heterocycles. The number of carbonyl (C=O) groups is 2. The number of benzene rings is 1. The lowest BCUT2D eigenvalue weighted by Gasteiger charge is -2.29. The first-order valence-corrected chi connectivity index (χ1v) is 12.4. The molecule has 1 unspecified atom stereocenters. The van der Waals surface area contributed by atoms with Crippen LogP contribution in [0.3, 0.4) is 0 Å². The highest BCUT2D eigenvalue weighted by atomic mass is 32.1. The zero-order valence-electron chi connectivity index (χ0n) is 18.8. The van der Waals surface area contributed by atoms with Crippen LogP contribution >= 0.6 is 11.3 Å². The third kappa shape index (κ3) is 4.90. The average molecular weight is 458 g/mol. The summed E-state index contributed by atoms with van der Waals surface area (Å²) in [4.78, 5) is 34.0. The molecule has 1 aromatic carbocycles. The normalized spacial score (nSPS) is 16.5. The molecule has 2 aliphatic rings. The number of unbranched alkanes of at least 4 members (excludes halogenated alkanes) is 2. The van der Waals surface area contributed by atoms with Gasteiger partial charge in [0.2, 0.25) is 12.7 Å². The number of hydrogen-bond donors (Lipinski definition) is 1. The molecule has 0 fully saturated rings. The van der Waals surface area contributed by atoms with Crippen LogP contribution in [-0.4, -0.2) is 41.6 Å². The number of aromatic nitrogens is 1. The molecule has 8 heteroatoms. The van der Waals surface area contributed by atoms with Gasteiger partial charge in [0.1, 0.15) is 0 Å². The molecule has 4 rings (SSSR count). The highest BCUT2D eigenvalue weighted by Crippen LogP contribution is 2.38. The number of anilines is 1. The molecule has 0 bridgehead atoms. The maximum absolute atomic E-state index is 13.4. The Morgan fingerprint density at radius 2 is 1.91 bits per heavy atom. The molecule has 2 aromatic rings. The van der Waals surface area contributed by atoms with Gasteiger partial charge < -0.3 is 14.4 Å². The van der Waals surface area contributed by atoms with Gasteiger partial charge in [-0.05, 0) is 50.3 Å². The lowest BCUT2D eigenvalue weighted by Crippen LogP contribution is -2.37. The number of ether oxygens (including phenoxy) is 2. The first-order valence-electron chi connectivity index (χ1n) is 11.6. The standard InChI is InChI=1S/C24H31N3O4S/c1-3-5-12-27(13-6-4-2)23(29)17-8-7-9-20-21(17)25-24(32-20)26-22(28)16-10-11-18-19(14-16)31-15-30-18/h10-11,14,17H,3-9,12-13,15H2,1-2H3,(H,25,26,28). The van der Waals surface area contributed by atoms with Gasteiger partial charge in [-0.1, -0.05) is 26.7 Å². The molecule has 0 saturated heterocycles. The first kappa shape index (κ1) is 22.6. The van der Waals surface area contributed by atoms with Gasteiger partial charge in [-0.3, -0.25) is 14.9 Å². The van der Waals surface area contributed by atoms with Crippen LogP contribution in [0.25, 0.3) is 0 Å². The fourth-order valence-electron chi connectivity index (χ4n) is 4.17. The Balaban J connectivity index is 1.49. The molecule has 32 heavy (non-hydrogen) atoms. The van der Waals surface area contributed by atoms with Crippen LogP contribution in [0.4, 0.5) is 5.13 Å². The second-order valence-electron chi connectivity index (χ2n) is 8.33. The molecule has 0 radical (unpaired) electrons. The number of thiazole rings is 1. The van der Waals surface area contributed by atoms with Crippen molar-refractivity contribution in [2.75, 3.05) is 25.2 Å². The molecular formula is C24H31N3O4S. The molecule has 7 nitrogen and oxygen atoms in total. The molecule has 1 atom stereocenters. The van der Waals surface area contributed by atoms with E-state index in [9.17, 15) is 9.59 Å². The number of nitrogens with one attached hydrogen (secondary N) is 1. The van der Waals surface area contributed by atoms with Crippen molar-refractivity contribution in [3.63, 3.8) is 0 Å². The summed E-state index contributed by atoms with van der Waals surface area (Å²) in [5, 5.41) is 3.46. The van der Waals surface area contributed by atoms with Crippen LogP contribution in [0.2, 0.25) is 0 Å². The molecule has 0 spiro atoms. The van der Waals surface area contributed by atoms with Crippen LogP contribution in [0.15, 0.2) is 18.2 Å². The zero-order chi connectivity index (χ0) is 22.5. The second kappa shape index (κ2) is 10.3. The van der Waals surface area contributed by atoms with Crippen LogP contribution in [0.1, 0.15) is 79.2 Å². The quantitative estimate of drug-likeness (QED) is 0.575. The lowest BCUT2D eigenvalue weighted by molar-refractivity contribution is -0.133. The van der Waals surface area contributed by atoms with Gasteiger partial charge in [-0.25, -0.2) is 4.98 Å². The van der Waals surface area contributed by atoms with E-state index in [1.807, 2.05) is 4.90 Å². The molecule has 0 saturated carbocycles. The topological polar surface area (TPSA) is 80.8 Å². The number of fused-ring (bicyclic) bond motifs is 2. The average Bonchev–Trinajstić information content (AvgIpc) is 3.44. The molecule has 1 aliphatic heterocycles. The minimum Gasteiger partial charge on any atom is -0.454 e. The number of hydrogen-bond acceptors (Lipinski definition) is 6. The Morgan fingerprint density at radius 3 is 2.66 bits per heavy atom. The molecule has 2 heterocycles. The summed E-state index contributed by atoms with van der Waals surface area (Å²) in [6.45, 7) is 6.08. The zero-order valence-corrected chi connectivity index (χ0v) is 19.6.